The summed E-state index contributed by atoms with van der Waals surface area (Å²) in [6, 6.07) is 9.78. The molecule has 0 fully saturated rings. The number of aromatic nitrogens is 2. The van der Waals surface area contributed by atoms with Crippen molar-refractivity contribution in [2.24, 2.45) is 0 Å². The van der Waals surface area contributed by atoms with E-state index in [0.29, 0.717) is 0 Å². The Kier molecular flexibility index (Phi) is 4.10. The summed E-state index contributed by atoms with van der Waals surface area (Å²) in [6.07, 6.45) is 0.971. The first-order valence-electron chi connectivity index (χ1n) is 6.57. The van der Waals surface area contributed by atoms with Gasteiger partial charge in [-0.15, -0.1) is 0 Å². The molecule has 0 bridgehead atoms. The normalized spacial score (nSPS) is 10.9. The van der Waals surface area contributed by atoms with Crippen LogP contribution >= 0.6 is 0 Å². The minimum Gasteiger partial charge on any atom is -0.399 e. The third kappa shape index (κ3) is 3.50. The van der Waals surface area contributed by atoms with Gasteiger partial charge in [-0.2, -0.15) is 5.10 Å². The number of hydrogen-bond acceptors (Lipinski definition) is 3. The molecule has 0 saturated heterocycles. The first kappa shape index (κ1) is 13.5. The van der Waals surface area contributed by atoms with Crippen LogP contribution in [0.2, 0.25) is 0 Å². The molecule has 1 aromatic heterocycles. The van der Waals surface area contributed by atoms with Crippen molar-refractivity contribution in [3.63, 3.8) is 0 Å². The van der Waals surface area contributed by atoms with Crippen molar-refractivity contribution in [1.82, 2.24) is 9.78 Å². The van der Waals surface area contributed by atoms with Gasteiger partial charge in [-0.3, -0.25) is 4.68 Å². The van der Waals surface area contributed by atoms with Crippen LogP contribution in [-0.4, -0.2) is 9.78 Å². The zero-order valence-corrected chi connectivity index (χ0v) is 11.8. The van der Waals surface area contributed by atoms with Gasteiger partial charge in [0, 0.05) is 29.7 Å². The van der Waals surface area contributed by atoms with Crippen molar-refractivity contribution < 1.29 is 0 Å². The molecule has 0 saturated carbocycles. The van der Waals surface area contributed by atoms with Gasteiger partial charge in [0.2, 0.25) is 0 Å². The number of aryl methyl sites for hydroxylation is 1. The lowest BCUT2D eigenvalue weighted by Crippen LogP contribution is -2.08. The Balaban J connectivity index is 2.19. The number of hydrogen-bond donors (Lipinski definition) is 2. The van der Waals surface area contributed by atoms with Gasteiger partial charge in [-0.1, -0.05) is 26.8 Å². The molecule has 4 nitrogen and oxygen atoms in total. The van der Waals surface area contributed by atoms with E-state index in [1.54, 1.807) is 0 Å². The van der Waals surface area contributed by atoms with Gasteiger partial charge in [0.25, 0.3) is 0 Å². The summed E-state index contributed by atoms with van der Waals surface area (Å²) in [7, 11) is 0. The smallest absolute Gasteiger partial charge is 0.152 e. The second-order valence-corrected chi connectivity index (χ2v) is 4.99. The van der Waals surface area contributed by atoms with Gasteiger partial charge in [0.1, 0.15) is 0 Å². The Morgan fingerprint density at radius 3 is 2.74 bits per heavy atom. The predicted octanol–water partition coefficient (Wildman–Crippen LogP) is 3.39. The number of nitrogens with one attached hydrogen (secondary N) is 1. The van der Waals surface area contributed by atoms with Gasteiger partial charge in [-0.25, -0.2) is 0 Å². The first-order chi connectivity index (χ1) is 9.08. The van der Waals surface area contributed by atoms with Crippen molar-refractivity contribution in [1.29, 1.82) is 0 Å². The molecule has 0 aliphatic rings. The molecular weight excluding hydrogens is 236 g/mol. The van der Waals surface area contributed by atoms with E-state index >= 15 is 0 Å². The Morgan fingerprint density at radius 1 is 1.32 bits per heavy atom. The molecule has 0 amide bonds. The molecule has 1 radical (unpaired) electrons. The van der Waals surface area contributed by atoms with Crippen LogP contribution in [0.25, 0.3) is 0 Å². The standard InChI is InChI=1S/C15H21N4/c1-4-14-9-15(18-19(14)10-11(2)3)17-13-7-5-6-12(16)8-13/h5-9H,4,10,16H2,1-3H3,(H,17,18). The third-order valence-electron chi connectivity index (χ3n) is 2.85. The average molecular weight is 257 g/mol. The lowest BCUT2D eigenvalue weighted by Gasteiger charge is -2.07. The topological polar surface area (TPSA) is 55.9 Å². The highest BCUT2D eigenvalue weighted by atomic mass is 15.3. The lowest BCUT2D eigenvalue weighted by atomic mass is 10.2. The quantitative estimate of drug-likeness (QED) is 0.807. The molecule has 0 atom stereocenters. The minimum absolute atomic E-state index is 0.748. The van der Waals surface area contributed by atoms with E-state index in [1.807, 2.05) is 28.9 Å². The summed E-state index contributed by atoms with van der Waals surface area (Å²) in [5.74, 6) is 2.21. The number of nitrogens with two attached hydrogens (primary N) is 1. The van der Waals surface area contributed by atoms with E-state index in [4.69, 9.17) is 5.73 Å². The molecule has 0 spiro atoms. The molecule has 0 aliphatic heterocycles. The fourth-order valence-electron chi connectivity index (χ4n) is 2.00. The van der Waals surface area contributed by atoms with E-state index in [2.05, 4.69) is 37.3 Å². The Morgan fingerprint density at radius 2 is 2.11 bits per heavy atom. The number of nitrogen functional groups attached to an aromatic ring is 1. The van der Waals surface area contributed by atoms with Crippen LogP contribution < -0.4 is 11.1 Å². The van der Waals surface area contributed by atoms with Gasteiger partial charge < -0.3 is 11.1 Å². The van der Waals surface area contributed by atoms with Crippen LogP contribution in [0.5, 0.6) is 0 Å². The van der Waals surface area contributed by atoms with E-state index in [-0.39, 0.29) is 0 Å². The monoisotopic (exact) mass is 257 g/mol. The first-order valence-corrected chi connectivity index (χ1v) is 6.57. The summed E-state index contributed by atoms with van der Waals surface area (Å²) < 4.78 is 2.05. The maximum absolute atomic E-state index is 5.77. The number of benzene rings is 1. The summed E-state index contributed by atoms with van der Waals surface area (Å²) in [5, 5.41) is 7.88. The highest BCUT2D eigenvalue weighted by Gasteiger charge is 2.08. The SMILES string of the molecule is CCc1cc(Nc2cccc(N)c2)nn1C[C](C)C. The van der Waals surface area contributed by atoms with Gasteiger partial charge >= 0.3 is 0 Å². The fourth-order valence-corrected chi connectivity index (χ4v) is 2.00. The Hall–Kier alpha value is -1.97. The number of nitrogens with zero attached hydrogens (tertiary/aromatic N) is 2. The maximum Gasteiger partial charge on any atom is 0.152 e. The summed E-state index contributed by atoms with van der Waals surface area (Å²) >= 11 is 0. The summed E-state index contributed by atoms with van der Waals surface area (Å²) in [5.41, 5.74) is 8.71. The van der Waals surface area contributed by atoms with Crippen LogP contribution in [0.15, 0.2) is 30.3 Å². The highest BCUT2D eigenvalue weighted by molar-refractivity contribution is 5.61. The van der Waals surface area contributed by atoms with Crippen LogP contribution in [-0.2, 0) is 13.0 Å². The molecule has 3 N–H and O–H groups in total. The third-order valence-corrected chi connectivity index (χ3v) is 2.85. The van der Waals surface area contributed by atoms with Gasteiger partial charge in [0.15, 0.2) is 5.82 Å². The van der Waals surface area contributed by atoms with E-state index in [1.165, 1.54) is 11.6 Å². The van der Waals surface area contributed by atoms with Gasteiger partial charge in [0.05, 0.1) is 0 Å². The van der Waals surface area contributed by atoms with E-state index in [0.717, 1.165) is 30.2 Å². The van der Waals surface area contributed by atoms with Crippen molar-refractivity contribution in [2.45, 2.75) is 33.7 Å². The molecule has 19 heavy (non-hydrogen) atoms. The fraction of sp³-hybridized carbons (Fsp3) is 0.333. The molecule has 4 heteroatoms. The molecular formula is C15H21N4. The maximum atomic E-state index is 5.77. The van der Waals surface area contributed by atoms with Crippen molar-refractivity contribution in [3.8, 4) is 0 Å². The molecule has 0 aliphatic carbocycles. The van der Waals surface area contributed by atoms with Crippen molar-refractivity contribution >= 4 is 17.2 Å². The molecule has 1 aromatic carbocycles. The van der Waals surface area contributed by atoms with Crippen LogP contribution in [0.4, 0.5) is 17.2 Å². The highest BCUT2D eigenvalue weighted by Crippen LogP contribution is 2.19. The average Bonchev–Trinajstić information content (AvgIpc) is 2.70. The molecule has 1 heterocycles. The van der Waals surface area contributed by atoms with Crippen molar-refractivity contribution in [3.05, 3.63) is 41.9 Å². The Bertz CT molecular complexity index is 543. The van der Waals surface area contributed by atoms with Crippen molar-refractivity contribution in [2.75, 3.05) is 11.1 Å². The summed E-state index contributed by atoms with van der Waals surface area (Å²) in [6.45, 7) is 7.24. The predicted molar refractivity (Wildman–Crippen MR) is 80.3 cm³/mol. The van der Waals surface area contributed by atoms with E-state index < -0.39 is 0 Å². The molecule has 2 aromatic rings. The minimum atomic E-state index is 0.748. The molecule has 2 rings (SSSR count). The summed E-state index contributed by atoms with van der Waals surface area (Å²) in [4.78, 5) is 0. The Labute approximate surface area is 114 Å². The number of anilines is 3. The van der Waals surface area contributed by atoms with Crippen LogP contribution in [0, 0.1) is 5.92 Å². The largest absolute Gasteiger partial charge is 0.399 e. The zero-order valence-electron chi connectivity index (χ0n) is 11.8. The number of rotatable bonds is 5. The van der Waals surface area contributed by atoms with Crippen LogP contribution in [0.1, 0.15) is 26.5 Å². The second kappa shape index (κ2) is 5.78. The molecule has 101 valence electrons. The van der Waals surface area contributed by atoms with E-state index in [9.17, 15) is 0 Å². The zero-order chi connectivity index (χ0) is 13.8. The lowest BCUT2D eigenvalue weighted by molar-refractivity contribution is 0.603. The molecule has 0 unspecified atom stereocenters. The van der Waals surface area contributed by atoms with Gasteiger partial charge in [-0.05, 0) is 30.5 Å². The second-order valence-electron chi connectivity index (χ2n) is 4.99. The van der Waals surface area contributed by atoms with Crippen LogP contribution in [0.3, 0.4) is 0 Å².